The molecule has 7 rings (SSSR count). The second-order valence-electron chi connectivity index (χ2n) is 11.5. The highest BCUT2D eigenvalue weighted by Crippen LogP contribution is 2.52. The van der Waals surface area contributed by atoms with Gasteiger partial charge in [-0.05, 0) is 59.7 Å². The van der Waals surface area contributed by atoms with E-state index in [1.54, 1.807) is 17.3 Å². The zero-order valence-corrected chi connectivity index (χ0v) is 22.1. The third-order valence-corrected chi connectivity index (χ3v) is 8.98. The van der Waals surface area contributed by atoms with E-state index >= 15 is 0 Å². The maximum absolute atomic E-state index is 14.3. The van der Waals surface area contributed by atoms with E-state index in [1.165, 1.54) is 4.90 Å². The average Bonchev–Trinajstić information content (AvgIpc) is 3.67. The van der Waals surface area contributed by atoms with Crippen LogP contribution in [0, 0.1) is 0 Å². The van der Waals surface area contributed by atoms with E-state index in [9.17, 15) is 22.4 Å². The molecule has 0 spiro atoms. The summed E-state index contributed by atoms with van der Waals surface area (Å²) in [5.41, 5.74) is 1.60. The Morgan fingerprint density at radius 1 is 1.18 bits per heavy atom. The number of aromatic nitrogens is 3. The second-order valence-corrected chi connectivity index (χ2v) is 11.5. The topological polar surface area (TPSA) is 63.5 Å². The van der Waals surface area contributed by atoms with Gasteiger partial charge in [0.25, 0.3) is 5.91 Å². The number of rotatable bonds is 5. The van der Waals surface area contributed by atoms with Gasteiger partial charge in [-0.25, -0.2) is 4.39 Å². The van der Waals surface area contributed by atoms with Crippen LogP contribution in [0.3, 0.4) is 0 Å². The lowest BCUT2D eigenvalue weighted by Crippen LogP contribution is -2.38. The molecule has 1 saturated heterocycles. The fourth-order valence-electron chi connectivity index (χ4n) is 6.85. The molecule has 7 nitrogen and oxygen atoms in total. The van der Waals surface area contributed by atoms with E-state index in [-0.39, 0.29) is 36.2 Å². The van der Waals surface area contributed by atoms with Gasteiger partial charge in [0, 0.05) is 38.7 Å². The van der Waals surface area contributed by atoms with Crippen molar-refractivity contribution in [2.75, 3.05) is 24.6 Å². The van der Waals surface area contributed by atoms with Crippen molar-refractivity contribution >= 4 is 11.6 Å². The van der Waals surface area contributed by atoms with Crippen LogP contribution in [-0.2, 0) is 38.1 Å². The lowest BCUT2D eigenvalue weighted by Gasteiger charge is -2.41. The summed E-state index contributed by atoms with van der Waals surface area (Å²) in [6.07, 6.45) is -0.185. The lowest BCUT2D eigenvalue weighted by atomic mass is 9.63. The Kier molecular flexibility index (Phi) is 5.75. The highest BCUT2D eigenvalue weighted by Gasteiger charge is 2.46. The molecular weight excluding hydrogens is 526 g/mol. The summed E-state index contributed by atoms with van der Waals surface area (Å²) < 4.78 is 64.5. The first kappa shape index (κ1) is 25.5. The van der Waals surface area contributed by atoms with Crippen molar-refractivity contribution in [1.82, 2.24) is 19.7 Å². The molecule has 4 heterocycles. The van der Waals surface area contributed by atoms with Crippen LogP contribution in [-0.4, -0.2) is 51.4 Å². The number of halogens is 4. The van der Waals surface area contributed by atoms with E-state index < -0.39 is 23.8 Å². The maximum atomic E-state index is 14.3. The summed E-state index contributed by atoms with van der Waals surface area (Å²) in [4.78, 5) is 17.1. The van der Waals surface area contributed by atoms with Crippen molar-refractivity contribution < 1.29 is 27.1 Å². The van der Waals surface area contributed by atoms with Crippen LogP contribution >= 0.6 is 0 Å². The number of aryl methyl sites for hydroxylation is 1. The molecule has 1 saturated carbocycles. The largest absolute Gasteiger partial charge is 0.491 e. The van der Waals surface area contributed by atoms with E-state index in [0.717, 1.165) is 42.3 Å². The molecule has 2 aromatic carbocycles. The van der Waals surface area contributed by atoms with Crippen molar-refractivity contribution in [2.24, 2.45) is 7.05 Å². The van der Waals surface area contributed by atoms with Gasteiger partial charge in [0.1, 0.15) is 24.1 Å². The SMILES string of the molecule is Cn1cnnc1C1(c2cc3c(c(N4Cc5c(cc(CN6CC[C@H](F)C6)cc5C(F)(F)F)C4=O)c2)OCC3)CCC1. The van der Waals surface area contributed by atoms with Crippen LogP contribution in [0.4, 0.5) is 23.2 Å². The molecule has 0 unspecified atom stereocenters. The van der Waals surface area contributed by atoms with Crippen LogP contribution in [0.5, 0.6) is 5.75 Å². The van der Waals surface area contributed by atoms with E-state index in [0.29, 0.717) is 43.0 Å². The predicted molar refractivity (Wildman–Crippen MR) is 138 cm³/mol. The fraction of sp³-hybridized carbons (Fsp3) is 0.483. The minimum absolute atomic E-state index is 0.0325. The molecule has 11 heteroatoms. The van der Waals surface area contributed by atoms with E-state index in [1.807, 2.05) is 17.7 Å². The molecule has 40 heavy (non-hydrogen) atoms. The molecule has 1 amide bonds. The highest BCUT2D eigenvalue weighted by molar-refractivity contribution is 6.11. The van der Waals surface area contributed by atoms with Gasteiger partial charge in [-0.1, -0.05) is 12.5 Å². The summed E-state index contributed by atoms with van der Waals surface area (Å²) in [5, 5.41) is 8.48. The number of benzene rings is 2. The van der Waals surface area contributed by atoms with Crippen LogP contribution < -0.4 is 9.64 Å². The van der Waals surface area contributed by atoms with Crippen molar-refractivity contribution in [1.29, 1.82) is 0 Å². The number of carbonyl (C=O) groups is 1. The Balaban J connectivity index is 1.30. The average molecular weight is 556 g/mol. The van der Waals surface area contributed by atoms with Gasteiger partial charge in [-0.2, -0.15) is 13.2 Å². The predicted octanol–water partition coefficient (Wildman–Crippen LogP) is 4.94. The number of hydrogen-bond donors (Lipinski definition) is 0. The molecular formula is C29H29F4N5O2. The molecule has 0 bridgehead atoms. The number of alkyl halides is 4. The van der Waals surface area contributed by atoms with Gasteiger partial charge < -0.3 is 14.2 Å². The Hall–Kier alpha value is -3.47. The molecule has 2 fully saturated rings. The summed E-state index contributed by atoms with van der Waals surface area (Å²) in [5.74, 6) is 0.904. The minimum Gasteiger partial charge on any atom is -0.491 e. The second kappa shape index (κ2) is 9.02. The van der Waals surface area contributed by atoms with Gasteiger partial charge in [0.15, 0.2) is 0 Å². The molecule has 4 aliphatic rings. The quantitative estimate of drug-likeness (QED) is 0.418. The smallest absolute Gasteiger partial charge is 0.416 e. The molecule has 1 aliphatic carbocycles. The number of anilines is 1. The molecule has 3 aliphatic heterocycles. The number of hydrogen-bond acceptors (Lipinski definition) is 5. The van der Waals surface area contributed by atoms with Gasteiger partial charge >= 0.3 is 6.18 Å². The normalized spacial score (nSPS) is 21.9. The molecule has 0 radical (unpaired) electrons. The Morgan fingerprint density at radius 2 is 2.00 bits per heavy atom. The maximum Gasteiger partial charge on any atom is 0.416 e. The Labute approximate surface area is 228 Å². The first-order chi connectivity index (χ1) is 19.1. The number of ether oxygens (including phenoxy) is 1. The minimum atomic E-state index is -4.63. The number of nitrogens with zero attached hydrogens (tertiary/aromatic N) is 5. The first-order valence-corrected chi connectivity index (χ1v) is 13.7. The van der Waals surface area contributed by atoms with Crippen molar-refractivity contribution in [3.63, 3.8) is 0 Å². The van der Waals surface area contributed by atoms with Crippen molar-refractivity contribution in [3.05, 3.63) is 69.8 Å². The van der Waals surface area contributed by atoms with Gasteiger partial charge in [-0.15, -0.1) is 10.2 Å². The Morgan fingerprint density at radius 3 is 2.65 bits per heavy atom. The monoisotopic (exact) mass is 555 g/mol. The summed E-state index contributed by atoms with van der Waals surface area (Å²) in [6.45, 7) is 1.07. The third-order valence-electron chi connectivity index (χ3n) is 8.98. The summed E-state index contributed by atoms with van der Waals surface area (Å²) in [6, 6.07) is 6.68. The summed E-state index contributed by atoms with van der Waals surface area (Å²) in [7, 11) is 1.90. The van der Waals surface area contributed by atoms with Crippen molar-refractivity contribution in [3.8, 4) is 5.75 Å². The van der Waals surface area contributed by atoms with Gasteiger partial charge in [-0.3, -0.25) is 9.69 Å². The fourth-order valence-corrected chi connectivity index (χ4v) is 6.85. The molecule has 1 atom stereocenters. The molecule has 0 N–H and O–H groups in total. The molecule has 3 aromatic rings. The van der Waals surface area contributed by atoms with Crippen molar-refractivity contribution in [2.45, 2.75) is 63.0 Å². The Bertz CT molecular complexity index is 1510. The van der Waals surface area contributed by atoms with E-state index in [2.05, 4.69) is 16.3 Å². The zero-order chi connectivity index (χ0) is 27.8. The number of fused-ring (bicyclic) bond motifs is 2. The summed E-state index contributed by atoms with van der Waals surface area (Å²) >= 11 is 0. The first-order valence-electron chi connectivity index (χ1n) is 13.7. The zero-order valence-electron chi connectivity index (χ0n) is 22.1. The van der Waals surface area contributed by atoms with Gasteiger partial charge in [0.05, 0.1) is 29.8 Å². The van der Waals surface area contributed by atoms with Crippen LogP contribution in [0.25, 0.3) is 0 Å². The highest BCUT2D eigenvalue weighted by atomic mass is 19.4. The molecule has 1 aromatic heterocycles. The third kappa shape index (κ3) is 3.92. The van der Waals surface area contributed by atoms with E-state index in [4.69, 9.17) is 4.74 Å². The van der Waals surface area contributed by atoms with Crippen LogP contribution in [0.15, 0.2) is 30.6 Å². The molecule has 210 valence electrons. The number of amides is 1. The van der Waals surface area contributed by atoms with Crippen LogP contribution in [0.2, 0.25) is 0 Å². The van der Waals surface area contributed by atoms with Gasteiger partial charge in [0.2, 0.25) is 0 Å². The van der Waals surface area contributed by atoms with Crippen LogP contribution in [0.1, 0.15) is 69.7 Å². The lowest BCUT2D eigenvalue weighted by molar-refractivity contribution is -0.138. The number of carbonyl (C=O) groups excluding carboxylic acids is 1. The standard InChI is InChI=1S/C29H29F4N5O2/c1-36-16-34-35-27(36)28(5-2-6-28)19-11-18-4-8-40-25(18)24(12-19)38-15-22-21(26(38)39)9-17(10-23(22)29(31,32)33)13-37-7-3-20(30)14-37/h9-12,16,20H,2-8,13-15H2,1H3/t20-/m0/s1. The number of likely N-dealkylation sites (tertiary alicyclic amines) is 1.